The summed E-state index contributed by atoms with van der Waals surface area (Å²) < 4.78 is 1.92. The van der Waals surface area contributed by atoms with Gasteiger partial charge in [0.25, 0.3) is 0 Å². The van der Waals surface area contributed by atoms with Gasteiger partial charge >= 0.3 is 0 Å². The third-order valence-electron chi connectivity index (χ3n) is 1.99. The summed E-state index contributed by atoms with van der Waals surface area (Å²) in [4.78, 5) is 1.08. The molecule has 0 aliphatic carbocycles. The highest BCUT2D eigenvalue weighted by molar-refractivity contribution is 8.03. The Hall–Kier alpha value is -0.720. The Morgan fingerprint density at radius 2 is 2.00 bits per heavy atom. The van der Waals surface area contributed by atoms with Gasteiger partial charge in [-0.3, -0.25) is 0 Å². The minimum absolute atomic E-state index is 0.797. The van der Waals surface area contributed by atoms with Gasteiger partial charge in [-0.1, -0.05) is 47.0 Å². The number of nitrogens with two attached hydrogens (primary N) is 1. The molecule has 3 nitrogen and oxygen atoms in total. The molecule has 1 heterocycles. The zero-order valence-corrected chi connectivity index (χ0v) is 11.4. The summed E-state index contributed by atoms with van der Waals surface area (Å²) in [6.45, 7) is 2.05. The van der Waals surface area contributed by atoms with Gasteiger partial charge in [0, 0.05) is 10.6 Å². The van der Waals surface area contributed by atoms with Crippen molar-refractivity contribution in [3.05, 3.63) is 23.8 Å². The Morgan fingerprint density at radius 1 is 1.25 bits per heavy atom. The summed E-state index contributed by atoms with van der Waals surface area (Å²) in [6, 6.07) is 5.92. The summed E-state index contributed by atoms with van der Waals surface area (Å²) in [6.07, 6.45) is 2.00. The number of rotatable bonds is 3. The highest BCUT2D eigenvalue weighted by Crippen LogP contribution is 2.37. The first kappa shape index (κ1) is 11.8. The normalized spacial score (nSPS) is 10.6. The fraction of sp³-hybridized carbons (Fsp3) is 0.200. The number of hydrogen-bond donors (Lipinski definition) is 1. The largest absolute Gasteiger partial charge is 0.398 e. The maximum Gasteiger partial charge on any atom is 0.179 e. The van der Waals surface area contributed by atoms with Crippen molar-refractivity contribution in [3.63, 3.8) is 0 Å². The van der Waals surface area contributed by atoms with Crippen molar-refractivity contribution < 1.29 is 0 Å². The van der Waals surface area contributed by atoms with Crippen LogP contribution in [0.25, 0.3) is 0 Å². The van der Waals surface area contributed by atoms with E-state index in [-0.39, 0.29) is 0 Å². The zero-order chi connectivity index (χ0) is 11.5. The molecule has 1 aromatic heterocycles. The Bertz CT molecular complexity index is 476. The molecular formula is C10H11N3S3. The smallest absolute Gasteiger partial charge is 0.179 e. The third-order valence-corrected chi connectivity index (χ3v) is 5.21. The standard InChI is InChI=1S/C10H11N3S3/c1-6-4-3-5-7(11)8(6)15-10-13-12-9(14-2)16-10/h3-5H,11H2,1-2H3. The molecule has 0 bridgehead atoms. The Balaban J connectivity index is 2.26. The van der Waals surface area contributed by atoms with Crippen LogP contribution in [0.5, 0.6) is 0 Å². The van der Waals surface area contributed by atoms with Crippen LogP contribution in [-0.4, -0.2) is 16.5 Å². The predicted molar refractivity (Wildman–Crippen MR) is 71.4 cm³/mol. The van der Waals surface area contributed by atoms with Gasteiger partial charge in [-0.15, -0.1) is 10.2 Å². The number of hydrogen-bond acceptors (Lipinski definition) is 6. The molecule has 0 amide bonds. The van der Waals surface area contributed by atoms with Crippen molar-refractivity contribution in [2.24, 2.45) is 0 Å². The van der Waals surface area contributed by atoms with Crippen LogP contribution in [-0.2, 0) is 0 Å². The van der Waals surface area contributed by atoms with E-state index in [1.54, 1.807) is 34.9 Å². The van der Waals surface area contributed by atoms with Crippen LogP contribution < -0.4 is 5.73 Å². The molecular weight excluding hydrogens is 258 g/mol. The topological polar surface area (TPSA) is 51.8 Å². The molecule has 2 rings (SSSR count). The van der Waals surface area contributed by atoms with E-state index in [2.05, 4.69) is 23.2 Å². The molecule has 0 saturated heterocycles. The second-order valence-electron chi connectivity index (χ2n) is 3.13. The van der Waals surface area contributed by atoms with E-state index in [0.717, 1.165) is 19.3 Å². The zero-order valence-electron chi connectivity index (χ0n) is 8.93. The number of benzene rings is 1. The lowest BCUT2D eigenvalue weighted by Crippen LogP contribution is -1.90. The van der Waals surface area contributed by atoms with Crippen molar-refractivity contribution in [2.75, 3.05) is 12.0 Å². The van der Waals surface area contributed by atoms with Crippen molar-refractivity contribution in [1.82, 2.24) is 10.2 Å². The monoisotopic (exact) mass is 269 g/mol. The van der Waals surface area contributed by atoms with Gasteiger partial charge < -0.3 is 5.73 Å². The summed E-state index contributed by atoms with van der Waals surface area (Å²) in [5.74, 6) is 0. The third kappa shape index (κ3) is 2.50. The first-order chi connectivity index (χ1) is 7.70. The van der Waals surface area contributed by atoms with Crippen LogP contribution in [0.2, 0.25) is 0 Å². The summed E-state index contributed by atoms with van der Waals surface area (Å²) in [7, 11) is 0. The first-order valence-electron chi connectivity index (χ1n) is 4.61. The quantitative estimate of drug-likeness (QED) is 0.684. The summed E-state index contributed by atoms with van der Waals surface area (Å²) >= 11 is 4.79. The summed E-state index contributed by atoms with van der Waals surface area (Å²) in [5.41, 5.74) is 7.91. The molecule has 0 aliphatic rings. The molecule has 0 fully saturated rings. The van der Waals surface area contributed by atoms with Crippen molar-refractivity contribution in [2.45, 2.75) is 20.5 Å². The maximum absolute atomic E-state index is 5.94. The number of nitrogen functional groups attached to an aromatic ring is 1. The van der Waals surface area contributed by atoms with E-state index < -0.39 is 0 Å². The molecule has 6 heteroatoms. The molecule has 2 N–H and O–H groups in total. The molecule has 0 spiro atoms. The van der Waals surface area contributed by atoms with Crippen molar-refractivity contribution in [3.8, 4) is 0 Å². The van der Waals surface area contributed by atoms with E-state index >= 15 is 0 Å². The van der Waals surface area contributed by atoms with Crippen LogP contribution >= 0.6 is 34.9 Å². The van der Waals surface area contributed by atoms with Gasteiger partial charge in [0.2, 0.25) is 0 Å². The van der Waals surface area contributed by atoms with Crippen LogP contribution in [0.1, 0.15) is 5.56 Å². The maximum atomic E-state index is 5.94. The lowest BCUT2D eigenvalue weighted by Gasteiger charge is -2.05. The minimum Gasteiger partial charge on any atom is -0.398 e. The van der Waals surface area contributed by atoms with Gasteiger partial charge in [0.1, 0.15) is 0 Å². The average molecular weight is 269 g/mol. The lowest BCUT2D eigenvalue weighted by molar-refractivity contribution is 0.955. The fourth-order valence-corrected chi connectivity index (χ4v) is 3.71. The predicted octanol–water partition coefficient (Wildman–Crippen LogP) is 3.30. The number of thioether (sulfide) groups is 1. The van der Waals surface area contributed by atoms with E-state index in [1.807, 2.05) is 18.4 Å². The average Bonchev–Trinajstić information content (AvgIpc) is 2.71. The molecule has 0 aliphatic heterocycles. The van der Waals surface area contributed by atoms with Gasteiger partial charge in [0.05, 0.1) is 0 Å². The molecule has 84 valence electrons. The van der Waals surface area contributed by atoms with E-state index in [1.165, 1.54) is 5.56 Å². The molecule has 1 aromatic carbocycles. The van der Waals surface area contributed by atoms with Crippen molar-refractivity contribution in [1.29, 1.82) is 0 Å². The SMILES string of the molecule is CSc1nnc(Sc2c(C)cccc2N)s1. The number of anilines is 1. The molecule has 0 saturated carbocycles. The number of aryl methyl sites for hydroxylation is 1. The Morgan fingerprint density at radius 3 is 2.62 bits per heavy atom. The molecule has 0 atom stereocenters. The lowest BCUT2D eigenvalue weighted by atomic mass is 10.2. The molecule has 2 aromatic rings. The number of aromatic nitrogens is 2. The van der Waals surface area contributed by atoms with Crippen LogP contribution in [0.4, 0.5) is 5.69 Å². The molecule has 16 heavy (non-hydrogen) atoms. The van der Waals surface area contributed by atoms with Crippen LogP contribution in [0, 0.1) is 6.92 Å². The first-order valence-corrected chi connectivity index (χ1v) is 7.47. The highest BCUT2D eigenvalue weighted by Gasteiger charge is 2.09. The second kappa shape index (κ2) is 5.07. The van der Waals surface area contributed by atoms with E-state index in [9.17, 15) is 0 Å². The van der Waals surface area contributed by atoms with Gasteiger partial charge in [-0.25, -0.2) is 0 Å². The van der Waals surface area contributed by atoms with Crippen molar-refractivity contribution >= 4 is 40.5 Å². The second-order valence-corrected chi connectivity index (χ2v) is 6.42. The number of nitrogens with zero attached hydrogens (tertiary/aromatic N) is 2. The van der Waals surface area contributed by atoms with E-state index in [0.29, 0.717) is 0 Å². The Kier molecular flexibility index (Phi) is 3.73. The van der Waals surface area contributed by atoms with Gasteiger partial charge in [-0.2, -0.15) is 0 Å². The highest BCUT2D eigenvalue weighted by atomic mass is 32.2. The van der Waals surface area contributed by atoms with Crippen LogP contribution in [0.15, 0.2) is 31.8 Å². The van der Waals surface area contributed by atoms with Gasteiger partial charge in [-0.05, 0) is 24.8 Å². The van der Waals surface area contributed by atoms with Gasteiger partial charge in [0.15, 0.2) is 8.68 Å². The van der Waals surface area contributed by atoms with E-state index in [4.69, 9.17) is 5.73 Å². The fourth-order valence-electron chi connectivity index (χ4n) is 1.22. The molecule has 0 unspecified atom stereocenters. The van der Waals surface area contributed by atoms with Crippen LogP contribution in [0.3, 0.4) is 0 Å². The minimum atomic E-state index is 0.797. The summed E-state index contributed by atoms with van der Waals surface area (Å²) in [5, 5.41) is 8.18. The Labute approximate surface area is 107 Å². The molecule has 0 radical (unpaired) electrons.